The maximum absolute atomic E-state index is 5.48. The Bertz CT molecular complexity index is 636. The summed E-state index contributed by atoms with van der Waals surface area (Å²) >= 11 is 0. The molecule has 2 fully saturated rings. The quantitative estimate of drug-likeness (QED) is 0.308. The van der Waals surface area contributed by atoms with Crippen molar-refractivity contribution in [2.45, 2.75) is 39.8 Å². The first-order valence-electron chi connectivity index (χ1n) is 11.4. The molecule has 0 aliphatic carbocycles. The lowest BCUT2D eigenvalue weighted by atomic mass is 9.98. The van der Waals surface area contributed by atoms with Gasteiger partial charge in [0.15, 0.2) is 5.96 Å². The zero-order valence-corrected chi connectivity index (χ0v) is 21.1. The van der Waals surface area contributed by atoms with Crippen LogP contribution in [0.25, 0.3) is 0 Å². The van der Waals surface area contributed by atoms with E-state index in [0.29, 0.717) is 12.5 Å². The first-order chi connectivity index (χ1) is 14.3. The molecule has 1 aromatic rings. The van der Waals surface area contributed by atoms with Crippen molar-refractivity contribution >= 4 is 29.9 Å². The lowest BCUT2D eigenvalue weighted by Gasteiger charge is -2.32. The Morgan fingerprint density at radius 3 is 2.57 bits per heavy atom. The highest BCUT2D eigenvalue weighted by Gasteiger charge is 2.19. The number of piperidine rings is 1. The third-order valence-electron chi connectivity index (χ3n) is 5.98. The molecule has 2 heterocycles. The van der Waals surface area contributed by atoms with Crippen molar-refractivity contribution in [3.05, 3.63) is 35.4 Å². The molecule has 0 spiro atoms. The minimum atomic E-state index is 0. The van der Waals surface area contributed by atoms with Gasteiger partial charge >= 0.3 is 0 Å². The predicted octanol–water partition coefficient (Wildman–Crippen LogP) is 2.92. The first-order valence-corrected chi connectivity index (χ1v) is 11.4. The first kappa shape index (κ1) is 25.4. The number of rotatable bonds is 8. The number of guanidine groups is 1. The fraction of sp³-hybridized carbons (Fsp3) is 0.696. The topological polar surface area (TPSA) is 52.1 Å². The standard InChI is InChI=1S/C23H39N5O.HI/c1-3-24-23(25-16-20-8-7-11-27(4-2)18-20)26-17-21-9-5-6-10-22(21)19-28-12-14-29-15-13-28;/h5-6,9-10,20H,3-4,7-8,11-19H2,1-2H3,(H2,24,25,26);1H. The molecule has 0 bridgehead atoms. The number of benzene rings is 1. The van der Waals surface area contributed by atoms with Crippen LogP contribution in [0.4, 0.5) is 0 Å². The molecule has 2 aliphatic rings. The molecule has 0 aromatic heterocycles. The average Bonchev–Trinajstić information content (AvgIpc) is 2.77. The Labute approximate surface area is 199 Å². The number of aliphatic imine (C=N–C) groups is 1. The van der Waals surface area contributed by atoms with E-state index in [1.165, 1.54) is 37.1 Å². The van der Waals surface area contributed by atoms with E-state index in [-0.39, 0.29) is 24.0 Å². The zero-order valence-electron chi connectivity index (χ0n) is 18.7. The molecule has 1 aromatic carbocycles. The SMILES string of the molecule is CCNC(=NCc1ccccc1CN1CCOCC1)NCC1CCCN(CC)C1.I. The summed E-state index contributed by atoms with van der Waals surface area (Å²) in [5, 5.41) is 7.01. The molecule has 2 aliphatic heterocycles. The second-order valence-electron chi connectivity index (χ2n) is 8.13. The molecule has 30 heavy (non-hydrogen) atoms. The van der Waals surface area contributed by atoms with Crippen LogP contribution >= 0.6 is 24.0 Å². The molecule has 0 saturated carbocycles. The van der Waals surface area contributed by atoms with E-state index in [2.05, 4.69) is 58.5 Å². The van der Waals surface area contributed by atoms with Gasteiger partial charge in [0.2, 0.25) is 0 Å². The summed E-state index contributed by atoms with van der Waals surface area (Å²) in [4.78, 5) is 9.93. The fourth-order valence-corrected chi connectivity index (χ4v) is 4.22. The predicted molar refractivity (Wildman–Crippen MR) is 136 cm³/mol. The van der Waals surface area contributed by atoms with E-state index in [1.807, 2.05) is 0 Å². The van der Waals surface area contributed by atoms with Gasteiger partial charge in [-0.3, -0.25) is 4.90 Å². The summed E-state index contributed by atoms with van der Waals surface area (Å²) < 4.78 is 5.48. The number of ether oxygens (including phenoxy) is 1. The van der Waals surface area contributed by atoms with Crippen molar-refractivity contribution in [2.75, 3.05) is 59.0 Å². The van der Waals surface area contributed by atoms with E-state index in [0.717, 1.165) is 58.4 Å². The lowest BCUT2D eigenvalue weighted by molar-refractivity contribution is 0.0341. The summed E-state index contributed by atoms with van der Waals surface area (Å²) in [5.41, 5.74) is 2.69. The Morgan fingerprint density at radius 1 is 1.07 bits per heavy atom. The normalized spacial score (nSPS) is 21.1. The van der Waals surface area contributed by atoms with Gasteiger partial charge < -0.3 is 20.3 Å². The smallest absolute Gasteiger partial charge is 0.191 e. The van der Waals surface area contributed by atoms with Crippen LogP contribution in [0.5, 0.6) is 0 Å². The Kier molecular flexibility index (Phi) is 12.0. The van der Waals surface area contributed by atoms with Crippen LogP contribution in [-0.4, -0.2) is 74.8 Å². The third-order valence-corrected chi connectivity index (χ3v) is 5.98. The van der Waals surface area contributed by atoms with E-state index >= 15 is 0 Å². The van der Waals surface area contributed by atoms with Gasteiger partial charge in [-0.05, 0) is 49.9 Å². The highest BCUT2D eigenvalue weighted by molar-refractivity contribution is 14.0. The van der Waals surface area contributed by atoms with Crippen LogP contribution < -0.4 is 10.6 Å². The molecular weight excluding hydrogens is 489 g/mol. The number of nitrogens with zero attached hydrogens (tertiary/aromatic N) is 3. The highest BCUT2D eigenvalue weighted by atomic mass is 127. The van der Waals surface area contributed by atoms with Gasteiger partial charge in [0.1, 0.15) is 0 Å². The molecule has 1 unspecified atom stereocenters. The van der Waals surface area contributed by atoms with Crippen LogP contribution in [0.2, 0.25) is 0 Å². The largest absolute Gasteiger partial charge is 0.379 e. The van der Waals surface area contributed by atoms with Crippen molar-refractivity contribution in [3.63, 3.8) is 0 Å². The number of halogens is 1. The molecule has 0 amide bonds. The van der Waals surface area contributed by atoms with Crippen LogP contribution in [0.3, 0.4) is 0 Å². The highest BCUT2D eigenvalue weighted by Crippen LogP contribution is 2.16. The molecule has 0 radical (unpaired) electrons. The summed E-state index contributed by atoms with van der Waals surface area (Å²) in [6.07, 6.45) is 2.62. The number of likely N-dealkylation sites (tertiary alicyclic amines) is 1. The number of morpholine rings is 1. The van der Waals surface area contributed by atoms with Crippen LogP contribution in [-0.2, 0) is 17.8 Å². The number of hydrogen-bond acceptors (Lipinski definition) is 4. The number of nitrogens with one attached hydrogen (secondary N) is 2. The van der Waals surface area contributed by atoms with Crippen LogP contribution in [0, 0.1) is 5.92 Å². The van der Waals surface area contributed by atoms with Gasteiger partial charge in [0.05, 0.1) is 19.8 Å². The molecule has 6 nitrogen and oxygen atoms in total. The van der Waals surface area contributed by atoms with Gasteiger partial charge in [-0.2, -0.15) is 0 Å². The van der Waals surface area contributed by atoms with Gasteiger partial charge in [-0.1, -0.05) is 31.2 Å². The molecule has 3 rings (SSSR count). The monoisotopic (exact) mass is 529 g/mol. The second kappa shape index (κ2) is 14.2. The molecule has 1 atom stereocenters. The van der Waals surface area contributed by atoms with Gasteiger partial charge in [0.25, 0.3) is 0 Å². The lowest BCUT2D eigenvalue weighted by Crippen LogP contribution is -2.44. The summed E-state index contributed by atoms with van der Waals surface area (Å²) in [5.74, 6) is 1.64. The fourth-order valence-electron chi connectivity index (χ4n) is 4.22. The Morgan fingerprint density at radius 2 is 1.83 bits per heavy atom. The summed E-state index contributed by atoms with van der Waals surface area (Å²) in [6, 6.07) is 8.70. The minimum absolute atomic E-state index is 0. The maximum Gasteiger partial charge on any atom is 0.191 e. The molecule has 170 valence electrons. The maximum atomic E-state index is 5.48. The Balaban J connectivity index is 0.00000320. The summed E-state index contributed by atoms with van der Waals surface area (Å²) in [6.45, 7) is 15.3. The van der Waals surface area contributed by atoms with Crippen LogP contribution in [0.15, 0.2) is 29.3 Å². The minimum Gasteiger partial charge on any atom is -0.379 e. The van der Waals surface area contributed by atoms with Gasteiger partial charge in [-0.25, -0.2) is 4.99 Å². The van der Waals surface area contributed by atoms with Crippen molar-refractivity contribution < 1.29 is 4.74 Å². The van der Waals surface area contributed by atoms with E-state index in [1.54, 1.807) is 0 Å². The molecule has 2 N–H and O–H groups in total. The molecule has 7 heteroatoms. The van der Waals surface area contributed by atoms with Gasteiger partial charge in [-0.15, -0.1) is 24.0 Å². The average molecular weight is 530 g/mol. The van der Waals surface area contributed by atoms with E-state index in [4.69, 9.17) is 9.73 Å². The van der Waals surface area contributed by atoms with Gasteiger partial charge in [0, 0.05) is 39.3 Å². The molecule has 2 saturated heterocycles. The van der Waals surface area contributed by atoms with E-state index < -0.39 is 0 Å². The Hall–Kier alpha value is -0.900. The van der Waals surface area contributed by atoms with Crippen molar-refractivity contribution in [1.82, 2.24) is 20.4 Å². The zero-order chi connectivity index (χ0) is 20.3. The van der Waals surface area contributed by atoms with Crippen molar-refractivity contribution in [2.24, 2.45) is 10.9 Å². The van der Waals surface area contributed by atoms with Crippen LogP contribution in [0.1, 0.15) is 37.8 Å². The summed E-state index contributed by atoms with van der Waals surface area (Å²) in [7, 11) is 0. The van der Waals surface area contributed by atoms with Crippen molar-refractivity contribution in [3.8, 4) is 0 Å². The van der Waals surface area contributed by atoms with Crippen molar-refractivity contribution in [1.29, 1.82) is 0 Å². The van der Waals surface area contributed by atoms with E-state index in [9.17, 15) is 0 Å². The third kappa shape index (κ3) is 8.32. The molecular formula is C23H40IN5O. The number of hydrogen-bond donors (Lipinski definition) is 2. The second-order valence-corrected chi connectivity index (χ2v) is 8.13.